The first-order valence-electron chi connectivity index (χ1n) is 9.06. The SMILES string of the molecule is CCOC(=O)N1CCC(N2CCC(Cc3ccc(Cl)cc3)C2)CC1. The molecule has 4 nitrogen and oxygen atoms in total. The number of hydrogen-bond donors (Lipinski definition) is 0. The van der Waals surface area contributed by atoms with Crippen LogP contribution in [0.4, 0.5) is 4.79 Å². The van der Waals surface area contributed by atoms with Gasteiger partial charge in [0.2, 0.25) is 0 Å². The van der Waals surface area contributed by atoms with Gasteiger partial charge < -0.3 is 9.64 Å². The van der Waals surface area contributed by atoms with Gasteiger partial charge in [-0.15, -0.1) is 0 Å². The molecule has 1 unspecified atom stereocenters. The minimum atomic E-state index is -0.155. The van der Waals surface area contributed by atoms with Crippen LogP contribution in [-0.2, 0) is 11.2 Å². The third-order valence-electron chi connectivity index (χ3n) is 5.26. The molecule has 24 heavy (non-hydrogen) atoms. The summed E-state index contributed by atoms with van der Waals surface area (Å²) in [6, 6.07) is 8.86. The highest BCUT2D eigenvalue weighted by Gasteiger charge is 2.32. The molecule has 0 bridgehead atoms. The molecule has 2 saturated heterocycles. The van der Waals surface area contributed by atoms with Gasteiger partial charge >= 0.3 is 6.09 Å². The summed E-state index contributed by atoms with van der Waals surface area (Å²) in [5, 5.41) is 0.806. The molecule has 0 aromatic heterocycles. The predicted octanol–water partition coefficient (Wildman–Crippen LogP) is 3.83. The van der Waals surface area contributed by atoms with Crippen LogP contribution in [0, 0.1) is 5.92 Å². The lowest BCUT2D eigenvalue weighted by molar-refractivity contribution is 0.0797. The average molecular weight is 351 g/mol. The summed E-state index contributed by atoms with van der Waals surface area (Å²) in [6.45, 7) is 6.31. The number of rotatable bonds is 4. The van der Waals surface area contributed by atoms with Crippen LogP contribution in [-0.4, -0.2) is 54.7 Å². The molecule has 2 fully saturated rings. The molecule has 2 aliphatic heterocycles. The number of carbonyl (C=O) groups excluding carboxylic acids is 1. The van der Waals surface area contributed by atoms with Crippen LogP contribution in [0.15, 0.2) is 24.3 Å². The molecule has 2 heterocycles. The Hall–Kier alpha value is -1.26. The second kappa shape index (κ2) is 8.21. The van der Waals surface area contributed by atoms with Crippen molar-refractivity contribution in [1.29, 1.82) is 0 Å². The lowest BCUT2D eigenvalue weighted by Crippen LogP contribution is -2.46. The number of benzene rings is 1. The second-order valence-corrected chi connectivity index (χ2v) is 7.33. The van der Waals surface area contributed by atoms with E-state index in [1.807, 2.05) is 24.0 Å². The monoisotopic (exact) mass is 350 g/mol. The van der Waals surface area contributed by atoms with Gasteiger partial charge in [0, 0.05) is 30.7 Å². The molecule has 1 amide bonds. The Morgan fingerprint density at radius 1 is 1.17 bits per heavy atom. The summed E-state index contributed by atoms with van der Waals surface area (Å²) in [5.41, 5.74) is 1.38. The maximum absolute atomic E-state index is 11.8. The Kier molecular flexibility index (Phi) is 6.01. The lowest BCUT2D eigenvalue weighted by Gasteiger charge is -2.36. The van der Waals surface area contributed by atoms with Crippen LogP contribution >= 0.6 is 11.6 Å². The molecule has 0 radical (unpaired) electrons. The summed E-state index contributed by atoms with van der Waals surface area (Å²) in [5.74, 6) is 0.731. The van der Waals surface area contributed by atoms with Crippen LogP contribution < -0.4 is 0 Å². The Morgan fingerprint density at radius 3 is 2.54 bits per heavy atom. The topological polar surface area (TPSA) is 32.8 Å². The van der Waals surface area contributed by atoms with Gasteiger partial charge in [-0.25, -0.2) is 4.79 Å². The number of amides is 1. The largest absolute Gasteiger partial charge is 0.450 e. The Morgan fingerprint density at radius 2 is 1.88 bits per heavy atom. The van der Waals surface area contributed by atoms with E-state index in [4.69, 9.17) is 16.3 Å². The summed E-state index contributed by atoms with van der Waals surface area (Å²) in [6.07, 6.45) is 4.37. The zero-order chi connectivity index (χ0) is 16.9. The highest BCUT2D eigenvalue weighted by molar-refractivity contribution is 6.30. The van der Waals surface area contributed by atoms with Gasteiger partial charge in [0.25, 0.3) is 0 Å². The Balaban J connectivity index is 1.45. The van der Waals surface area contributed by atoms with Crippen molar-refractivity contribution in [2.75, 3.05) is 32.8 Å². The molecule has 0 saturated carbocycles. The molecule has 5 heteroatoms. The maximum Gasteiger partial charge on any atom is 0.409 e. The van der Waals surface area contributed by atoms with E-state index in [0.717, 1.165) is 43.3 Å². The molecule has 0 spiro atoms. The van der Waals surface area contributed by atoms with Crippen molar-refractivity contribution >= 4 is 17.7 Å². The number of carbonyl (C=O) groups is 1. The molecule has 3 rings (SSSR count). The van der Waals surface area contributed by atoms with Gasteiger partial charge in [-0.3, -0.25) is 4.90 Å². The van der Waals surface area contributed by atoms with Crippen LogP contribution in [0.2, 0.25) is 5.02 Å². The first-order valence-corrected chi connectivity index (χ1v) is 9.43. The lowest BCUT2D eigenvalue weighted by atomic mass is 9.98. The van der Waals surface area contributed by atoms with Crippen LogP contribution in [0.5, 0.6) is 0 Å². The van der Waals surface area contributed by atoms with E-state index in [1.165, 1.54) is 25.1 Å². The fourth-order valence-corrected chi connectivity index (χ4v) is 4.07. The van der Waals surface area contributed by atoms with Crippen molar-refractivity contribution in [2.45, 2.75) is 38.6 Å². The molecule has 1 aromatic carbocycles. The molecular formula is C19H27ClN2O2. The van der Waals surface area contributed by atoms with Crippen molar-refractivity contribution in [3.8, 4) is 0 Å². The number of hydrogen-bond acceptors (Lipinski definition) is 3. The minimum Gasteiger partial charge on any atom is -0.450 e. The van der Waals surface area contributed by atoms with Crippen molar-refractivity contribution < 1.29 is 9.53 Å². The number of piperidine rings is 1. The van der Waals surface area contributed by atoms with Crippen molar-refractivity contribution in [1.82, 2.24) is 9.80 Å². The second-order valence-electron chi connectivity index (χ2n) is 6.90. The number of ether oxygens (including phenoxy) is 1. The van der Waals surface area contributed by atoms with Crippen LogP contribution in [0.25, 0.3) is 0 Å². The maximum atomic E-state index is 11.8. The standard InChI is InChI=1S/C19H27ClN2O2/c1-2-24-19(23)21-11-8-18(9-12-21)22-10-7-16(14-22)13-15-3-5-17(20)6-4-15/h3-6,16,18H,2,7-14H2,1H3. The Labute approximate surface area is 149 Å². The normalized spacial score (nSPS) is 22.8. The first kappa shape index (κ1) is 17.6. The molecule has 1 atom stereocenters. The van der Waals surface area contributed by atoms with Gasteiger partial charge in [-0.1, -0.05) is 23.7 Å². The highest BCUT2D eigenvalue weighted by Crippen LogP contribution is 2.27. The van der Waals surface area contributed by atoms with Crippen molar-refractivity contribution in [3.05, 3.63) is 34.9 Å². The summed E-state index contributed by atoms with van der Waals surface area (Å²) in [7, 11) is 0. The van der Waals surface area contributed by atoms with Gasteiger partial charge in [0.05, 0.1) is 6.61 Å². The quantitative estimate of drug-likeness (QED) is 0.827. The van der Waals surface area contributed by atoms with E-state index in [1.54, 1.807) is 0 Å². The van der Waals surface area contributed by atoms with Gasteiger partial charge in [0.15, 0.2) is 0 Å². The van der Waals surface area contributed by atoms with E-state index >= 15 is 0 Å². The van der Waals surface area contributed by atoms with E-state index in [9.17, 15) is 4.79 Å². The fraction of sp³-hybridized carbons (Fsp3) is 0.632. The number of halogens is 1. The summed E-state index contributed by atoms with van der Waals surface area (Å²) >= 11 is 5.96. The van der Waals surface area contributed by atoms with Gasteiger partial charge in [0.1, 0.15) is 0 Å². The smallest absolute Gasteiger partial charge is 0.409 e. The molecular weight excluding hydrogens is 324 g/mol. The first-order chi connectivity index (χ1) is 11.7. The van der Waals surface area contributed by atoms with E-state index in [2.05, 4.69) is 17.0 Å². The molecule has 132 valence electrons. The zero-order valence-corrected chi connectivity index (χ0v) is 15.2. The van der Waals surface area contributed by atoms with E-state index in [0.29, 0.717) is 12.6 Å². The van der Waals surface area contributed by atoms with Gasteiger partial charge in [-0.2, -0.15) is 0 Å². The predicted molar refractivity (Wildman–Crippen MR) is 96.5 cm³/mol. The van der Waals surface area contributed by atoms with Gasteiger partial charge in [-0.05, 0) is 62.8 Å². The average Bonchev–Trinajstić information content (AvgIpc) is 3.06. The molecule has 0 N–H and O–H groups in total. The zero-order valence-electron chi connectivity index (χ0n) is 14.4. The Bertz CT molecular complexity index is 541. The number of likely N-dealkylation sites (tertiary alicyclic amines) is 2. The molecule has 1 aromatic rings. The third-order valence-corrected chi connectivity index (χ3v) is 5.51. The van der Waals surface area contributed by atoms with Crippen molar-refractivity contribution in [2.24, 2.45) is 5.92 Å². The fourth-order valence-electron chi connectivity index (χ4n) is 3.94. The molecule has 2 aliphatic rings. The third kappa shape index (κ3) is 4.42. The summed E-state index contributed by atoms with van der Waals surface area (Å²) in [4.78, 5) is 16.3. The van der Waals surface area contributed by atoms with Crippen LogP contribution in [0.3, 0.4) is 0 Å². The van der Waals surface area contributed by atoms with Crippen LogP contribution in [0.1, 0.15) is 31.7 Å². The van der Waals surface area contributed by atoms with E-state index < -0.39 is 0 Å². The number of nitrogens with zero attached hydrogens (tertiary/aromatic N) is 2. The summed E-state index contributed by atoms with van der Waals surface area (Å²) < 4.78 is 5.10. The highest BCUT2D eigenvalue weighted by atomic mass is 35.5. The molecule has 0 aliphatic carbocycles. The van der Waals surface area contributed by atoms with Crippen molar-refractivity contribution in [3.63, 3.8) is 0 Å². The minimum absolute atomic E-state index is 0.155. The van der Waals surface area contributed by atoms with E-state index in [-0.39, 0.29) is 6.09 Å².